The standard InChI is InChI=1S/C21H18BrN5O2/c1-29-18-14-26(17-5-3-2-4-6-17)25-20(18)21(28)24-19-11-12-23-27(19)13-15-7-9-16(22)10-8-15/h2-12,14H,13H2,1H3,(H,24,28). The smallest absolute Gasteiger partial charge is 0.281 e. The van der Waals surface area contributed by atoms with E-state index in [-0.39, 0.29) is 11.6 Å². The summed E-state index contributed by atoms with van der Waals surface area (Å²) < 4.78 is 9.71. The third-order valence-corrected chi connectivity index (χ3v) is 4.87. The number of carbonyl (C=O) groups is 1. The Morgan fingerprint density at radius 3 is 2.59 bits per heavy atom. The number of para-hydroxylation sites is 1. The zero-order valence-electron chi connectivity index (χ0n) is 15.6. The third kappa shape index (κ3) is 4.22. The lowest BCUT2D eigenvalue weighted by Gasteiger charge is -2.09. The molecule has 0 bridgehead atoms. The molecule has 1 amide bonds. The molecule has 0 aliphatic carbocycles. The zero-order chi connectivity index (χ0) is 20.2. The van der Waals surface area contributed by atoms with Crippen LogP contribution in [0, 0.1) is 0 Å². The molecular weight excluding hydrogens is 434 g/mol. The van der Waals surface area contributed by atoms with Gasteiger partial charge in [-0.1, -0.05) is 46.3 Å². The maximum atomic E-state index is 12.9. The van der Waals surface area contributed by atoms with E-state index in [0.29, 0.717) is 18.1 Å². The maximum Gasteiger partial charge on any atom is 0.281 e. The molecule has 2 aromatic heterocycles. The van der Waals surface area contributed by atoms with Crippen LogP contribution in [0.25, 0.3) is 5.69 Å². The first kappa shape index (κ1) is 18.9. The molecule has 0 fully saturated rings. The van der Waals surface area contributed by atoms with E-state index in [1.165, 1.54) is 7.11 Å². The van der Waals surface area contributed by atoms with E-state index in [1.54, 1.807) is 27.8 Å². The average molecular weight is 452 g/mol. The second kappa shape index (κ2) is 8.32. The number of amides is 1. The minimum absolute atomic E-state index is 0.202. The summed E-state index contributed by atoms with van der Waals surface area (Å²) >= 11 is 3.43. The quantitative estimate of drug-likeness (QED) is 0.477. The predicted molar refractivity (Wildman–Crippen MR) is 114 cm³/mol. The predicted octanol–water partition coefficient (Wildman–Crippen LogP) is 4.14. The highest BCUT2D eigenvalue weighted by Crippen LogP contribution is 2.21. The maximum absolute atomic E-state index is 12.9. The molecule has 4 aromatic rings. The van der Waals surface area contributed by atoms with E-state index in [0.717, 1.165) is 15.7 Å². The lowest BCUT2D eigenvalue weighted by Crippen LogP contribution is -2.17. The minimum Gasteiger partial charge on any atom is -0.493 e. The molecule has 146 valence electrons. The number of nitrogens with one attached hydrogen (secondary N) is 1. The van der Waals surface area contributed by atoms with Crippen molar-refractivity contribution in [3.8, 4) is 11.4 Å². The highest BCUT2D eigenvalue weighted by atomic mass is 79.9. The summed E-state index contributed by atoms with van der Waals surface area (Å²) in [5.74, 6) is 0.605. The lowest BCUT2D eigenvalue weighted by atomic mass is 10.2. The van der Waals surface area contributed by atoms with Crippen molar-refractivity contribution >= 4 is 27.7 Å². The number of rotatable bonds is 6. The van der Waals surface area contributed by atoms with Crippen LogP contribution >= 0.6 is 15.9 Å². The van der Waals surface area contributed by atoms with Crippen molar-refractivity contribution in [2.45, 2.75) is 6.54 Å². The van der Waals surface area contributed by atoms with E-state index in [1.807, 2.05) is 54.6 Å². The highest BCUT2D eigenvalue weighted by molar-refractivity contribution is 9.10. The Morgan fingerprint density at radius 1 is 1.10 bits per heavy atom. The molecule has 0 atom stereocenters. The van der Waals surface area contributed by atoms with Crippen molar-refractivity contribution in [1.82, 2.24) is 19.6 Å². The first-order valence-electron chi connectivity index (χ1n) is 8.91. The SMILES string of the molecule is COc1cn(-c2ccccc2)nc1C(=O)Nc1ccnn1Cc1ccc(Br)cc1. The van der Waals surface area contributed by atoms with Crippen LogP contribution in [0.3, 0.4) is 0 Å². The second-order valence-electron chi connectivity index (χ2n) is 6.28. The fourth-order valence-electron chi connectivity index (χ4n) is 2.88. The van der Waals surface area contributed by atoms with E-state index >= 15 is 0 Å². The summed E-state index contributed by atoms with van der Waals surface area (Å²) in [7, 11) is 1.51. The summed E-state index contributed by atoms with van der Waals surface area (Å²) in [6, 6.07) is 19.2. The van der Waals surface area contributed by atoms with Gasteiger partial charge < -0.3 is 10.1 Å². The topological polar surface area (TPSA) is 74.0 Å². The molecule has 0 spiro atoms. The van der Waals surface area contributed by atoms with Gasteiger partial charge in [0.25, 0.3) is 5.91 Å². The van der Waals surface area contributed by atoms with Gasteiger partial charge in [-0.15, -0.1) is 0 Å². The van der Waals surface area contributed by atoms with E-state index < -0.39 is 0 Å². The molecule has 2 aromatic carbocycles. The molecule has 4 rings (SSSR count). The van der Waals surface area contributed by atoms with E-state index in [4.69, 9.17) is 4.74 Å². The Labute approximate surface area is 176 Å². The first-order valence-corrected chi connectivity index (χ1v) is 9.70. The van der Waals surface area contributed by atoms with Crippen molar-refractivity contribution in [2.75, 3.05) is 12.4 Å². The molecule has 0 saturated heterocycles. The van der Waals surface area contributed by atoms with Crippen LogP contribution in [0.5, 0.6) is 5.75 Å². The van der Waals surface area contributed by atoms with Crippen LogP contribution in [0.1, 0.15) is 16.1 Å². The molecule has 2 heterocycles. The van der Waals surface area contributed by atoms with Gasteiger partial charge in [-0.05, 0) is 29.8 Å². The summed E-state index contributed by atoms with van der Waals surface area (Å²) in [4.78, 5) is 12.9. The average Bonchev–Trinajstić information content (AvgIpc) is 3.37. The Hall–Kier alpha value is -3.39. The van der Waals surface area contributed by atoms with Gasteiger partial charge in [-0.2, -0.15) is 10.2 Å². The molecule has 29 heavy (non-hydrogen) atoms. The molecule has 0 saturated carbocycles. The third-order valence-electron chi connectivity index (χ3n) is 4.34. The summed E-state index contributed by atoms with van der Waals surface area (Å²) in [6.07, 6.45) is 3.33. The molecule has 7 nitrogen and oxygen atoms in total. The number of hydrogen-bond acceptors (Lipinski definition) is 4. The Morgan fingerprint density at radius 2 is 1.86 bits per heavy atom. The number of hydrogen-bond donors (Lipinski definition) is 1. The van der Waals surface area contributed by atoms with Crippen LogP contribution in [-0.2, 0) is 6.54 Å². The summed E-state index contributed by atoms with van der Waals surface area (Å²) in [5.41, 5.74) is 2.11. The number of ether oxygens (including phenoxy) is 1. The molecule has 0 aliphatic heterocycles. The van der Waals surface area contributed by atoms with Gasteiger partial charge in [0.1, 0.15) is 5.82 Å². The van der Waals surface area contributed by atoms with Crippen molar-refractivity contribution < 1.29 is 9.53 Å². The number of nitrogens with zero attached hydrogens (tertiary/aromatic N) is 4. The Kier molecular flexibility index (Phi) is 5.44. The Balaban J connectivity index is 1.55. The van der Waals surface area contributed by atoms with Gasteiger partial charge in [-0.3, -0.25) is 4.79 Å². The normalized spacial score (nSPS) is 10.7. The number of anilines is 1. The van der Waals surface area contributed by atoms with Crippen LogP contribution in [0.2, 0.25) is 0 Å². The summed E-state index contributed by atoms with van der Waals surface area (Å²) in [6.45, 7) is 0.533. The molecule has 1 N–H and O–H groups in total. The van der Waals surface area contributed by atoms with Gasteiger partial charge >= 0.3 is 0 Å². The van der Waals surface area contributed by atoms with Crippen molar-refractivity contribution in [1.29, 1.82) is 0 Å². The molecule has 0 unspecified atom stereocenters. The molecule has 0 radical (unpaired) electrons. The fraction of sp³-hybridized carbons (Fsp3) is 0.0952. The lowest BCUT2D eigenvalue weighted by molar-refractivity contribution is 0.101. The van der Waals surface area contributed by atoms with Gasteiger partial charge in [0.2, 0.25) is 0 Å². The van der Waals surface area contributed by atoms with E-state index in [2.05, 4.69) is 31.4 Å². The van der Waals surface area contributed by atoms with Crippen molar-refractivity contribution in [3.05, 3.63) is 88.8 Å². The first-order chi connectivity index (χ1) is 14.1. The second-order valence-corrected chi connectivity index (χ2v) is 7.20. The highest BCUT2D eigenvalue weighted by Gasteiger charge is 2.20. The number of benzene rings is 2. The van der Waals surface area contributed by atoms with Crippen LogP contribution in [-0.4, -0.2) is 32.6 Å². The van der Waals surface area contributed by atoms with Gasteiger partial charge in [0.05, 0.1) is 31.7 Å². The van der Waals surface area contributed by atoms with E-state index in [9.17, 15) is 4.79 Å². The zero-order valence-corrected chi connectivity index (χ0v) is 17.2. The fourth-order valence-corrected chi connectivity index (χ4v) is 3.15. The minimum atomic E-state index is -0.367. The molecule has 8 heteroatoms. The number of halogens is 1. The van der Waals surface area contributed by atoms with Crippen LogP contribution < -0.4 is 10.1 Å². The van der Waals surface area contributed by atoms with Crippen LogP contribution in [0.4, 0.5) is 5.82 Å². The largest absolute Gasteiger partial charge is 0.493 e. The van der Waals surface area contributed by atoms with Crippen molar-refractivity contribution in [2.24, 2.45) is 0 Å². The van der Waals surface area contributed by atoms with Crippen molar-refractivity contribution in [3.63, 3.8) is 0 Å². The van der Waals surface area contributed by atoms with Gasteiger partial charge in [0.15, 0.2) is 11.4 Å². The van der Waals surface area contributed by atoms with Gasteiger partial charge in [-0.25, -0.2) is 9.36 Å². The monoisotopic (exact) mass is 451 g/mol. The Bertz CT molecular complexity index is 1120. The number of methoxy groups -OCH3 is 1. The van der Waals surface area contributed by atoms with Gasteiger partial charge in [0, 0.05) is 10.5 Å². The van der Waals surface area contributed by atoms with Crippen LogP contribution in [0.15, 0.2) is 77.5 Å². The summed E-state index contributed by atoms with van der Waals surface area (Å²) in [5, 5.41) is 11.6. The number of carbonyl (C=O) groups excluding carboxylic acids is 1. The molecular formula is C21H18BrN5O2. The number of aromatic nitrogens is 4. The molecule has 0 aliphatic rings.